The first-order valence-electron chi connectivity index (χ1n) is 30.2. The molecule has 4 aromatic rings. The molecule has 4 saturated carbocycles. The first-order chi connectivity index (χ1) is 40.7. The van der Waals surface area contributed by atoms with Crippen LogP contribution in [0.4, 0.5) is 11.4 Å². The number of nitrogens with one attached hydrogen (secondary N) is 2. The molecule has 16 heteroatoms. The monoisotopic (exact) mass is 1170 g/mol. The van der Waals surface area contributed by atoms with E-state index in [4.69, 9.17) is 37.9 Å². The van der Waals surface area contributed by atoms with Crippen molar-refractivity contribution in [3.8, 4) is 23.0 Å². The maximum Gasteiger partial charge on any atom is 0.341 e. The number of ether oxygens (including phenoxy) is 8. The predicted octanol–water partition coefficient (Wildman–Crippen LogP) is 14.3. The molecule has 4 aliphatic rings. The number of rotatable bonds is 22. The van der Waals surface area contributed by atoms with Crippen molar-refractivity contribution in [1.82, 2.24) is 0 Å². The third-order valence-corrected chi connectivity index (χ3v) is 20.1. The fourth-order valence-electron chi connectivity index (χ4n) is 15.8. The van der Waals surface area contributed by atoms with E-state index in [-0.39, 0.29) is 67.8 Å². The fraction of sp³-hybridized carbons (Fsp3) is 0.536. The van der Waals surface area contributed by atoms with Gasteiger partial charge in [0.05, 0.1) is 68.3 Å². The minimum Gasteiger partial charge on any atom is -0.496 e. The van der Waals surface area contributed by atoms with E-state index in [9.17, 15) is 28.8 Å². The average molecular weight is 1170 g/mol. The molecule has 1 unspecified atom stereocenters. The van der Waals surface area contributed by atoms with Crippen molar-refractivity contribution >= 4 is 52.6 Å². The van der Waals surface area contributed by atoms with E-state index in [1.54, 1.807) is 24.3 Å². The Kier molecular flexibility index (Phi) is 20.5. The van der Waals surface area contributed by atoms with Crippen molar-refractivity contribution in [3.05, 3.63) is 111 Å². The maximum absolute atomic E-state index is 14.3. The van der Waals surface area contributed by atoms with Crippen molar-refractivity contribution in [2.24, 2.45) is 58.2 Å². The summed E-state index contributed by atoms with van der Waals surface area (Å²) >= 11 is 0. The molecule has 4 aromatic carbocycles. The molecule has 0 spiro atoms. The zero-order valence-corrected chi connectivity index (χ0v) is 52.1. The van der Waals surface area contributed by atoms with Crippen LogP contribution in [0, 0.1) is 58.2 Å². The third kappa shape index (κ3) is 13.1. The van der Waals surface area contributed by atoms with Crippen LogP contribution in [0.2, 0.25) is 0 Å². The molecule has 2 amide bonds. The van der Waals surface area contributed by atoms with E-state index in [2.05, 4.69) is 51.3 Å². The van der Waals surface area contributed by atoms with E-state index in [0.29, 0.717) is 45.8 Å². The lowest BCUT2D eigenvalue weighted by molar-refractivity contribution is -0.121. The summed E-state index contributed by atoms with van der Waals surface area (Å²) in [5.41, 5.74) is 2.36. The van der Waals surface area contributed by atoms with Gasteiger partial charge in [-0.25, -0.2) is 19.2 Å². The van der Waals surface area contributed by atoms with Crippen molar-refractivity contribution < 1.29 is 66.7 Å². The molecule has 0 saturated heterocycles. The fourth-order valence-corrected chi connectivity index (χ4v) is 15.8. The highest BCUT2D eigenvalue weighted by Gasteiger charge is 2.60. The van der Waals surface area contributed by atoms with Gasteiger partial charge in [0.2, 0.25) is 0 Å². The molecule has 16 nitrogen and oxygen atoms in total. The number of esters is 4. The lowest BCUT2D eigenvalue weighted by Crippen LogP contribution is -2.53. The number of anilines is 2. The zero-order chi connectivity index (χ0) is 61.5. The van der Waals surface area contributed by atoms with Gasteiger partial charge in [0.25, 0.3) is 11.8 Å². The Bertz CT molecular complexity index is 3030. The van der Waals surface area contributed by atoms with Crippen LogP contribution in [0.5, 0.6) is 23.0 Å². The highest BCUT2D eigenvalue weighted by atomic mass is 16.5. The zero-order valence-electron chi connectivity index (χ0n) is 52.1. The Hall–Kier alpha value is -7.36. The van der Waals surface area contributed by atoms with Crippen LogP contribution in [0.15, 0.2) is 66.7 Å². The molecule has 0 radical (unpaired) electrons. The van der Waals surface area contributed by atoms with Gasteiger partial charge in [-0.15, -0.1) is 0 Å². The highest BCUT2D eigenvalue weighted by Crippen LogP contribution is 2.69. The first kappa shape index (κ1) is 63.7. The number of carbonyl (C=O) groups excluding carboxylic acids is 6. The minimum absolute atomic E-state index is 0.00396. The molecule has 8 rings (SSSR count). The van der Waals surface area contributed by atoms with Crippen LogP contribution >= 0.6 is 0 Å². The topological polar surface area (TPSA) is 200 Å². The van der Waals surface area contributed by atoms with Crippen LogP contribution in [-0.4, -0.2) is 92.6 Å². The molecular weight excluding hydrogens is 1080 g/mol. The number of carbonyl (C=O) groups is 6. The largest absolute Gasteiger partial charge is 0.496 e. The summed E-state index contributed by atoms with van der Waals surface area (Å²) in [6.45, 7) is 12.5. The highest BCUT2D eigenvalue weighted by molar-refractivity contribution is 6.10. The first-order valence-corrected chi connectivity index (χ1v) is 30.2. The summed E-state index contributed by atoms with van der Waals surface area (Å²) in [7, 11) is 10.4. The predicted molar refractivity (Wildman–Crippen MR) is 326 cm³/mol. The van der Waals surface area contributed by atoms with E-state index in [1.165, 1.54) is 157 Å². The van der Waals surface area contributed by atoms with Gasteiger partial charge >= 0.3 is 23.9 Å². The number of allylic oxidation sites excluding steroid dienone is 1. The standard InChI is InChI=1S/C69H88N2O14/c1-39(2)16-14-17-40(3)53-24-25-54-48-23-22-46-32-41(28-30-68(46,4)55(48)29-31-69(53,54)5)18-15-19-47(44-35-51(66(76)84-12)60(80-8)56(37-44)70-62(72)42-20-26-58(78-6)49(33-42)64(74)82-10)45-36-52(67(77)85-13)61(81-9)57(38-45)71-63(73)43-21-27-59(79-7)50(34-43)65(75)83-11/h19-21,26-27,33-41,46,48,53-55H,14-18,22-25,28-32H2,1-13H3,(H,70,72)(H,71,73)/t40?,41-,46-,48-,53+,54-,55-,68-,69+/m0/s1. The molecule has 4 aliphatic carbocycles. The molecule has 458 valence electrons. The summed E-state index contributed by atoms with van der Waals surface area (Å²) in [5, 5.41) is 5.81. The van der Waals surface area contributed by atoms with Gasteiger partial charge in [0.15, 0.2) is 11.5 Å². The average Bonchev–Trinajstić information content (AvgIpc) is 1.81. The van der Waals surface area contributed by atoms with Crippen LogP contribution in [0.3, 0.4) is 0 Å². The van der Waals surface area contributed by atoms with E-state index in [1.807, 2.05) is 0 Å². The van der Waals surface area contributed by atoms with Gasteiger partial charge in [-0.2, -0.15) is 0 Å². The Morgan fingerprint density at radius 1 is 0.541 bits per heavy atom. The lowest BCUT2D eigenvalue weighted by Gasteiger charge is -2.61. The molecule has 4 fully saturated rings. The minimum atomic E-state index is -0.767. The normalized spacial score (nSPS) is 23.4. The quantitative estimate of drug-likeness (QED) is 0.0556. The van der Waals surface area contributed by atoms with Gasteiger partial charge in [0.1, 0.15) is 33.8 Å². The second kappa shape index (κ2) is 27.3. The molecule has 85 heavy (non-hydrogen) atoms. The molecule has 0 aromatic heterocycles. The van der Waals surface area contributed by atoms with E-state index < -0.39 is 35.7 Å². The van der Waals surface area contributed by atoms with Gasteiger partial charge in [-0.3, -0.25) is 9.59 Å². The smallest absolute Gasteiger partial charge is 0.341 e. The van der Waals surface area contributed by atoms with Gasteiger partial charge < -0.3 is 48.5 Å². The number of hydrogen-bond donors (Lipinski definition) is 2. The van der Waals surface area contributed by atoms with Crippen LogP contribution in [-0.2, 0) is 18.9 Å². The van der Waals surface area contributed by atoms with Crippen molar-refractivity contribution in [2.45, 2.75) is 125 Å². The summed E-state index contributed by atoms with van der Waals surface area (Å²) in [6.07, 6.45) is 18.9. The van der Waals surface area contributed by atoms with Gasteiger partial charge in [-0.05, 0) is 206 Å². The van der Waals surface area contributed by atoms with Gasteiger partial charge in [0, 0.05) is 11.1 Å². The number of benzene rings is 4. The summed E-state index contributed by atoms with van der Waals surface area (Å²) in [6, 6.07) is 15.1. The van der Waals surface area contributed by atoms with Crippen molar-refractivity contribution in [2.75, 3.05) is 67.5 Å². The van der Waals surface area contributed by atoms with Crippen LogP contribution < -0.4 is 29.6 Å². The molecule has 0 aliphatic heterocycles. The molecular formula is C69H88N2O14. The van der Waals surface area contributed by atoms with Crippen molar-refractivity contribution in [3.63, 3.8) is 0 Å². The Balaban J connectivity index is 1.16. The van der Waals surface area contributed by atoms with E-state index in [0.717, 1.165) is 54.8 Å². The second-order valence-electron chi connectivity index (χ2n) is 24.9. The Labute approximate surface area is 501 Å². The molecule has 0 heterocycles. The number of fused-ring (bicyclic) bond motifs is 5. The number of amides is 2. The third-order valence-electron chi connectivity index (χ3n) is 20.1. The molecule has 9 atom stereocenters. The maximum atomic E-state index is 14.3. The van der Waals surface area contributed by atoms with Crippen LogP contribution in [0.1, 0.15) is 198 Å². The van der Waals surface area contributed by atoms with Gasteiger partial charge in [-0.1, -0.05) is 60.0 Å². The summed E-state index contributed by atoms with van der Waals surface area (Å²) in [5.74, 6) is 1.87. The van der Waals surface area contributed by atoms with Crippen molar-refractivity contribution in [1.29, 1.82) is 0 Å². The number of hydrogen-bond acceptors (Lipinski definition) is 14. The Morgan fingerprint density at radius 2 is 1.02 bits per heavy atom. The SMILES string of the molecule is COC(=O)c1cc(C(=O)Nc2cc(C(=CCC[C@H]3CC[C@@]4(C)[C@@H](CC[C@@H]5[C@@H]4CC[C@]4(C)[C@@H](C(C)CCCC(C)C)CC[C@@H]54)C3)c3cc(NC(=O)c4ccc(OC)c(C(=O)OC)c4)c(OC)c(C(=O)OC)c3)cc(C(=O)OC)c2OC)ccc1OC. The number of methoxy groups -OCH3 is 8. The molecule has 2 N–H and O–H groups in total. The summed E-state index contributed by atoms with van der Waals surface area (Å²) < 4.78 is 43.0. The molecule has 0 bridgehead atoms. The Morgan fingerprint density at radius 3 is 1.51 bits per heavy atom. The lowest BCUT2D eigenvalue weighted by atomic mass is 9.44. The van der Waals surface area contributed by atoms with E-state index >= 15 is 0 Å². The second-order valence-corrected chi connectivity index (χ2v) is 24.9. The summed E-state index contributed by atoms with van der Waals surface area (Å²) in [4.78, 5) is 82.0. The van der Waals surface area contributed by atoms with Crippen LogP contribution in [0.25, 0.3) is 5.57 Å².